The number of aromatic hydroxyl groups is 1. The summed E-state index contributed by atoms with van der Waals surface area (Å²) >= 11 is 0. The van der Waals surface area contributed by atoms with Gasteiger partial charge in [-0.05, 0) is 36.1 Å². The highest BCUT2D eigenvalue weighted by Gasteiger charge is 2.51. The van der Waals surface area contributed by atoms with E-state index in [1.54, 1.807) is 12.1 Å². The molecule has 0 heterocycles. The Labute approximate surface area is 83.2 Å². The summed E-state index contributed by atoms with van der Waals surface area (Å²) in [4.78, 5) is 0. The molecule has 2 N–H and O–H groups in total. The van der Waals surface area contributed by atoms with Crippen LogP contribution < -0.4 is 0 Å². The molecule has 2 heteroatoms. The molecule has 0 aliphatic heterocycles. The Hall–Kier alpha value is -1.02. The molecule has 0 amide bonds. The topological polar surface area (TPSA) is 40.5 Å². The average Bonchev–Trinajstić information content (AvgIpc) is 2.18. The highest BCUT2D eigenvalue weighted by Crippen LogP contribution is 2.57. The fourth-order valence-electron chi connectivity index (χ4n) is 3.04. The number of hydrogen-bond acceptors (Lipinski definition) is 2. The molecule has 2 nitrogen and oxygen atoms in total. The van der Waals surface area contributed by atoms with Crippen molar-refractivity contribution in [1.82, 2.24) is 0 Å². The lowest BCUT2D eigenvalue weighted by Gasteiger charge is -2.50. The van der Waals surface area contributed by atoms with Crippen LogP contribution in [0.25, 0.3) is 0 Å². The van der Waals surface area contributed by atoms with Crippen LogP contribution in [0, 0.1) is 0 Å². The highest BCUT2D eigenvalue weighted by molar-refractivity contribution is 5.51. The van der Waals surface area contributed by atoms with Crippen molar-refractivity contribution < 1.29 is 10.2 Å². The third-order valence-electron chi connectivity index (χ3n) is 3.76. The van der Waals surface area contributed by atoms with Gasteiger partial charge in [0.2, 0.25) is 0 Å². The van der Waals surface area contributed by atoms with Crippen molar-refractivity contribution in [2.75, 3.05) is 0 Å². The molecule has 0 aromatic heterocycles. The Morgan fingerprint density at radius 2 is 2.14 bits per heavy atom. The number of aliphatic hydroxyl groups is 1. The summed E-state index contributed by atoms with van der Waals surface area (Å²) in [7, 11) is 0. The molecule has 0 saturated heterocycles. The van der Waals surface area contributed by atoms with Gasteiger partial charge in [0.25, 0.3) is 0 Å². The number of phenols is 1. The fraction of sp³-hybridized carbons (Fsp3) is 0.500. The molecule has 14 heavy (non-hydrogen) atoms. The van der Waals surface area contributed by atoms with Gasteiger partial charge in [-0.1, -0.05) is 18.9 Å². The predicted octanol–water partition coefficient (Wildman–Crippen LogP) is 2.25. The number of benzene rings is 1. The minimum Gasteiger partial charge on any atom is -0.508 e. The van der Waals surface area contributed by atoms with Crippen molar-refractivity contribution in [3.63, 3.8) is 0 Å². The van der Waals surface area contributed by atoms with E-state index >= 15 is 0 Å². The fourth-order valence-corrected chi connectivity index (χ4v) is 3.04. The first kappa shape index (κ1) is 8.30. The number of rotatable bonds is 0. The van der Waals surface area contributed by atoms with Crippen molar-refractivity contribution in [1.29, 1.82) is 0 Å². The highest BCUT2D eigenvalue weighted by atomic mass is 16.3. The monoisotopic (exact) mass is 190 g/mol. The van der Waals surface area contributed by atoms with Gasteiger partial charge in [0.1, 0.15) is 5.75 Å². The van der Waals surface area contributed by atoms with E-state index in [0.29, 0.717) is 5.92 Å². The maximum Gasteiger partial charge on any atom is 0.115 e. The van der Waals surface area contributed by atoms with Crippen molar-refractivity contribution in [3.05, 3.63) is 29.3 Å². The van der Waals surface area contributed by atoms with Crippen LogP contribution in [0.3, 0.4) is 0 Å². The van der Waals surface area contributed by atoms with Crippen molar-refractivity contribution in [3.8, 4) is 5.75 Å². The zero-order chi connectivity index (χ0) is 9.76. The van der Waals surface area contributed by atoms with Crippen LogP contribution in [0.15, 0.2) is 18.2 Å². The van der Waals surface area contributed by atoms with E-state index in [1.165, 1.54) is 12.0 Å². The van der Waals surface area contributed by atoms with Gasteiger partial charge in [0.05, 0.1) is 5.60 Å². The summed E-state index contributed by atoms with van der Waals surface area (Å²) < 4.78 is 0. The number of hydrogen-bond donors (Lipinski definition) is 2. The molecule has 2 aliphatic rings. The van der Waals surface area contributed by atoms with Gasteiger partial charge in [0, 0.05) is 5.92 Å². The van der Waals surface area contributed by atoms with Crippen LogP contribution >= 0.6 is 0 Å². The maximum atomic E-state index is 10.4. The summed E-state index contributed by atoms with van der Waals surface area (Å²) in [5.41, 5.74) is 1.58. The zero-order valence-electron chi connectivity index (χ0n) is 8.03. The minimum atomic E-state index is -0.619. The minimum absolute atomic E-state index is 0.265. The van der Waals surface area contributed by atoms with E-state index in [-0.39, 0.29) is 5.75 Å². The molecule has 74 valence electrons. The Kier molecular flexibility index (Phi) is 1.49. The molecule has 0 bridgehead atoms. The molecule has 1 aromatic rings. The van der Waals surface area contributed by atoms with E-state index in [2.05, 4.69) is 0 Å². The Morgan fingerprint density at radius 1 is 1.29 bits per heavy atom. The lowest BCUT2D eigenvalue weighted by molar-refractivity contribution is -0.0495. The third-order valence-corrected chi connectivity index (χ3v) is 3.76. The molecular weight excluding hydrogens is 176 g/mol. The Bertz CT molecular complexity index is 386. The molecule has 2 aliphatic carbocycles. The second-order valence-corrected chi connectivity index (χ2v) is 4.49. The molecule has 0 spiro atoms. The van der Waals surface area contributed by atoms with E-state index in [0.717, 1.165) is 24.8 Å². The third kappa shape index (κ3) is 0.845. The number of phenolic OH excluding ortho intramolecular Hbond substituents is 1. The van der Waals surface area contributed by atoms with E-state index in [9.17, 15) is 10.2 Å². The standard InChI is InChI=1S/C12H14O2/c13-8-4-5-9-10-3-1-2-6-12(10,14)11(9)7-8/h4-5,7,10,13-14H,1-3,6H2. The molecule has 1 saturated carbocycles. The quantitative estimate of drug-likeness (QED) is 0.658. The molecule has 1 aromatic carbocycles. The molecule has 1 fully saturated rings. The summed E-state index contributed by atoms with van der Waals surface area (Å²) in [6.07, 6.45) is 4.26. The van der Waals surface area contributed by atoms with Crippen molar-refractivity contribution in [2.45, 2.75) is 37.2 Å². The zero-order valence-corrected chi connectivity index (χ0v) is 8.03. The normalized spacial score (nSPS) is 34.2. The van der Waals surface area contributed by atoms with Crippen LogP contribution in [-0.2, 0) is 5.60 Å². The van der Waals surface area contributed by atoms with Crippen LogP contribution in [0.1, 0.15) is 42.7 Å². The van der Waals surface area contributed by atoms with Gasteiger partial charge in [0.15, 0.2) is 0 Å². The van der Waals surface area contributed by atoms with Gasteiger partial charge in [-0.25, -0.2) is 0 Å². The van der Waals surface area contributed by atoms with Gasteiger partial charge in [-0.15, -0.1) is 0 Å². The van der Waals surface area contributed by atoms with Gasteiger partial charge < -0.3 is 10.2 Å². The maximum absolute atomic E-state index is 10.4. The first-order valence-electron chi connectivity index (χ1n) is 5.27. The number of fused-ring (bicyclic) bond motifs is 4. The van der Waals surface area contributed by atoms with Gasteiger partial charge in [-0.2, -0.15) is 0 Å². The first-order chi connectivity index (χ1) is 6.72. The van der Waals surface area contributed by atoms with E-state index in [1.807, 2.05) is 6.07 Å². The van der Waals surface area contributed by atoms with Crippen molar-refractivity contribution >= 4 is 0 Å². The van der Waals surface area contributed by atoms with Crippen LogP contribution in [-0.4, -0.2) is 10.2 Å². The van der Waals surface area contributed by atoms with Crippen molar-refractivity contribution in [2.24, 2.45) is 0 Å². The van der Waals surface area contributed by atoms with Crippen LogP contribution in [0.4, 0.5) is 0 Å². The molecule has 2 unspecified atom stereocenters. The molecular formula is C12H14O2. The summed E-state index contributed by atoms with van der Waals surface area (Å²) in [6.45, 7) is 0. The molecule has 0 radical (unpaired) electrons. The first-order valence-corrected chi connectivity index (χ1v) is 5.27. The summed E-state index contributed by atoms with van der Waals surface area (Å²) in [5, 5.41) is 19.8. The molecule has 2 atom stereocenters. The predicted molar refractivity (Wildman–Crippen MR) is 53.2 cm³/mol. The van der Waals surface area contributed by atoms with Gasteiger partial charge in [-0.3, -0.25) is 0 Å². The largest absolute Gasteiger partial charge is 0.508 e. The van der Waals surface area contributed by atoms with E-state index in [4.69, 9.17) is 0 Å². The average molecular weight is 190 g/mol. The van der Waals surface area contributed by atoms with Crippen LogP contribution in [0.5, 0.6) is 5.75 Å². The second-order valence-electron chi connectivity index (χ2n) is 4.49. The Morgan fingerprint density at radius 3 is 3.00 bits per heavy atom. The lowest BCUT2D eigenvalue weighted by atomic mass is 9.58. The van der Waals surface area contributed by atoms with Crippen LogP contribution in [0.2, 0.25) is 0 Å². The second kappa shape index (κ2) is 2.51. The van der Waals surface area contributed by atoms with E-state index < -0.39 is 5.60 Å². The molecule has 3 rings (SSSR count). The SMILES string of the molecule is Oc1ccc2c(c1)C1(O)CCCCC21. The van der Waals surface area contributed by atoms with Gasteiger partial charge >= 0.3 is 0 Å². The summed E-state index contributed by atoms with van der Waals surface area (Å²) in [5.74, 6) is 0.591. The Balaban J connectivity index is 2.11. The lowest BCUT2D eigenvalue weighted by Crippen LogP contribution is -2.45. The smallest absolute Gasteiger partial charge is 0.115 e. The summed E-state index contributed by atoms with van der Waals surface area (Å²) in [6, 6.07) is 5.39.